The van der Waals surface area contributed by atoms with E-state index in [4.69, 9.17) is 0 Å². The lowest BCUT2D eigenvalue weighted by Crippen LogP contribution is -2.32. The molecule has 0 spiro atoms. The van der Waals surface area contributed by atoms with Crippen LogP contribution in [-0.4, -0.2) is 21.3 Å². The summed E-state index contributed by atoms with van der Waals surface area (Å²) < 4.78 is 14.6. The number of hydrogen-bond acceptors (Lipinski definition) is 3. The predicted molar refractivity (Wildman–Crippen MR) is 88.7 cm³/mol. The van der Waals surface area contributed by atoms with Crippen LogP contribution in [0, 0.1) is 5.82 Å². The number of hydrogen-bond donors (Lipinski definition) is 2. The summed E-state index contributed by atoms with van der Waals surface area (Å²) in [5.74, 6) is 0.380. The molecule has 0 bridgehead atoms. The number of aromatic amines is 1. The molecule has 5 nitrogen and oxygen atoms in total. The van der Waals surface area contributed by atoms with Gasteiger partial charge >= 0.3 is 0 Å². The molecule has 1 unspecified atom stereocenters. The minimum absolute atomic E-state index is 0.0490. The summed E-state index contributed by atoms with van der Waals surface area (Å²) in [6.45, 7) is 1.35. The zero-order chi connectivity index (χ0) is 16.5. The Hall–Kier alpha value is -2.73. The summed E-state index contributed by atoms with van der Waals surface area (Å²) in [5.41, 5.74) is 2.64. The molecule has 2 N–H and O–H groups in total. The van der Waals surface area contributed by atoms with E-state index in [2.05, 4.69) is 15.4 Å². The van der Waals surface area contributed by atoms with Crippen LogP contribution in [0.15, 0.2) is 53.5 Å². The maximum Gasteiger partial charge on any atom is 0.276 e. The summed E-state index contributed by atoms with van der Waals surface area (Å²) in [6.07, 6.45) is 2.35. The first-order valence-electron chi connectivity index (χ1n) is 7.93. The lowest BCUT2D eigenvalue weighted by Gasteiger charge is -2.22. The molecule has 2 aromatic heterocycles. The van der Waals surface area contributed by atoms with Gasteiger partial charge in [0.1, 0.15) is 5.82 Å². The van der Waals surface area contributed by atoms with Gasteiger partial charge in [0.25, 0.3) is 5.56 Å². The Morgan fingerprint density at radius 1 is 1.21 bits per heavy atom. The zero-order valence-corrected chi connectivity index (χ0v) is 13.0. The Morgan fingerprint density at radius 3 is 2.79 bits per heavy atom. The summed E-state index contributed by atoms with van der Waals surface area (Å²) in [7, 11) is 0. The molecule has 3 heterocycles. The first kappa shape index (κ1) is 14.8. The topological polar surface area (TPSA) is 62.7 Å². The van der Waals surface area contributed by atoms with Gasteiger partial charge in [-0.3, -0.25) is 9.89 Å². The Balaban J connectivity index is 1.71. The first-order valence-corrected chi connectivity index (χ1v) is 7.93. The fourth-order valence-electron chi connectivity index (χ4n) is 3.25. The Morgan fingerprint density at radius 2 is 2.04 bits per heavy atom. The van der Waals surface area contributed by atoms with Crippen LogP contribution in [0.2, 0.25) is 0 Å². The fourth-order valence-corrected chi connectivity index (χ4v) is 3.25. The highest BCUT2D eigenvalue weighted by molar-refractivity contribution is 5.32. The number of halogens is 1. The molecule has 4 rings (SSSR count). The normalized spacial score (nSPS) is 16.8. The van der Waals surface area contributed by atoms with Crippen molar-refractivity contribution in [1.82, 2.24) is 20.1 Å². The van der Waals surface area contributed by atoms with Crippen LogP contribution < -0.4 is 10.9 Å². The van der Waals surface area contributed by atoms with E-state index in [0.717, 1.165) is 23.4 Å². The monoisotopic (exact) mass is 324 g/mol. The third-order valence-corrected chi connectivity index (χ3v) is 4.38. The van der Waals surface area contributed by atoms with Crippen LogP contribution in [0.5, 0.6) is 0 Å². The standard InChI is InChI=1S/C18H17FN4O/c19-14-6-4-12(5-7-14)9-13-10-20-11-15-17(13)18(24)23(22-15)16-3-1-2-8-21-16/h1-8,13,20,22H,9-11H2. The molecule has 0 saturated heterocycles. The number of benzene rings is 1. The predicted octanol–water partition coefficient (Wildman–Crippen LogP) is 2.13. The molecule has 0 fully saturated rings. The van der Waals surface area contributed by atoms with E-state index in [1.165, 1.54) is 16.8 Å². The van der Waals surface area contributed by atoms with E-state index < -0.39 is 0 Å². The highest BCUT2D eigenvalue weighted by Crippen LogP contribution is 2.24. The van der Waals surface area contributed by atoms with Crippen LogP contribution in [0.1, 0.15) is 22.7 Å². The number of H-pyrrole nitrogens is 1. The van der Waals surface area contributed by atoms with Crippen LogP contribution in [0.25, 0.3) is 5.82 Å². The van der Waals surface area contributed by atoms with Gasteiger partial charge in [0, 0.05) is 30.8 Å². The third-order valence-electron chi connectivity index (χ3n) is 4.38. The van der Waals surface area contributed by atoms with E-state index in [0.29, 0.717) is 18.8 Å². The molecule has 0 saturated carbocycles. The van der Waals surface area contributed by atoms with Crippen molar-refractivity contribution < 1.29 is 4.39 Å². The summed E-state index contributed by atoms with van der Waals surface area (Å²) >= 11 is 0. The fraction of sp³-hybridized carbons (Fsp3) is 0.222. The molecule has 1 aromatic carbocycles. The molecule has 1 atom stereocenters. The molecule has 6 heteroatoms. The second kappa shape index (κ2) is 6.05. The number of aromatic nitrogens is 3. The zero-order valence-electron chi connectivity index (χ0n) is 13.0. The van der Waals surface area contributed by atoms with Gasteiger partial charge in [-0.2, -0.15) is 0 Å². The minimum atomic E-state index is -0.250. The van der Waals surface area contributed by atoms with Gasteiger partial charge in [0.05, 0.1) is 5.69 Å². The largest absolute Gasteiger partial charge is 0.311 e. The highest BCUT2D eigenvalue weighted by atomic mass is 19.1. The van der Waals surface area contributed by atoms with E-state index in [1.807, 2.05) is 12.1 Å². The SMILES string of the molecule is O=c1c2c([nH]n1-c1ccccn1)CNCC2Cc1ccc(F)cc1. The van der Waals surface area contributed by atoms with Crippen molar-refractivity contribution in [2.75, 3.05) is 6.54 Å². The third kappa shape index (κ3) is 2.65. The maximum absolute atomic E-state index is 13.1. The number of nitrogens with zero attached hydrogens (tertiary/aromatic N) is 2. The van der Waals surface area contributed by atoms with Gasteiger partial charge in [0.2, 0.25) is 0 Å². The van der Waals surface area contributed by atoms with Gasteiger partial charge in [-0.1, -0.05) is 18.2 Å². The molecule has 122 valence electrons. The lowest BCUT2D eigenvalue weighted by molar-refractivity contribution is 0.532. The molecule has 3 aromatic rings. The molecule has 0 radical (unpaired) electrons. The van der Waals surface area contributed by atoms with Gasteiger partial charge in [-0.25, -0.2) is 14.1 Å². The molecular formula is C18H17FN4O. The van der Waals surface area contributed by atoms with Crippen LogP contribution >= 0.6 is 0 Å². The van der Waals surface area contributed by atoms with Gasteiger partial charge < -0.3 is 5.32 Å². The summed E-state index contributed by atoms with van der Waals surface area (Å²) in [5, 5.41) is 6.50. The molecular weight excluding hydrogens is 307 g/mol. The van der Waals surface area contributed by atoms with E-state index in [-0.39, 0.29) is 17.3 Å². The average Bonchev–Trinajstić information content (AvgIpc) is 2.96. The summed E-state index contributed by atoms with van der Waals surface area (Å²) in [6, 6.07) is 11.9. The quantitative estimate of drug-likeness (QED) is 0.776. The van der Waals surface area contributed by atoms with E-state index in [9.17, 15) is 9.18 Å². The van der Waals surface area contributed by atoms with Crippen molar-refractivity contribution in [1.29, 1.82) is 0 Å². The number of pyridine rings is 1. The Kier molecular flexibility index (Phi) is 3.74. The van der Waals surface area contributed by atoms with Gasteiger partial charge in [0.15, 0.2) is 5.82 Å². The number of fused-ring (bicyclic) bond motifs is 1. The molecule has 1 aliphatic rings. The number of rotatable bonds is 3. The Labute approximate surface area is 138 Å². The lowest BCUT2D eigenvalue weighted by atomic mass is 9.90. The van der Waals surface area contributed by atoms with Crippen molar-refractivity contribution in [2.45, 2.75) is 18.9 Å². The molecule has 0 amide bonds. The minimum Gasteiger partial charge on any atom is -0.311 e. The van der Waals surface area contributed by atoms with Crippen molar-refractivity contribution in [3.63, 3.8) is 0 Å². The second-order valence-electron chi connectivity index (χ2n) is 5.99. The average molecular weight is 324 g/mol. The van der Waals surface area contributed by atoms with Crippen LogP contribution in [0.3, 0.4) is 0 Å². The van der Waals surface area contributed by atoms with Crippen LogP contribution in [0.4, 0.5) is 4.39 Å². The van der Waals surface area contributed by atoms with Crippen molar-refractivity contribution in [3.8, 4) is 5.82 Å². The van der Waals surface area contributed by atoms with E-state index in [1.54, 1.807) is 24.4 Å². The van der Waals surface area contributed by atoms with Gasteiger partial charge in [-0.15, -0.1) is 0 Å². The van der Waals surface area contributed by atoms with Gasteiger partial charge in [-0.05, 0) is 36.2 Å². The number of nitrogens with one attached hydrogen (secondary N) is 2. The highest BCUT2D eigenvalue weighted by Gasteiger charge is 2.27. The molecule has 1 aliphatic heterocycles. The molecule has 24 heavy (non-hydrogen) atoms. The van der Waals surface area contributed by atoms with Crippen LogP contribution in [-0.2, 0) is 13.0 Å². The Bertz CT molecular complexity index is 899. The second-order valence-corrected chi connectivity index (χ2v) is 5.99. The first-order chi connectivity index (χ1) is 11.7. The van der Waals surface area contributed by atoms with E-state index >= 15 is 0 Å². The summed E-state index contributed by atoms with van der Waals surface area (Å²) in [4.78, 5) is 17.1. The van der Waals surface area contributed by atoms with Crippen molar-refractivity contribution in [3.05, 3.63) is 81.7 Å². The van der Waals surface area contributed by atoms with Crippen molar-refractivity contribution in [2.24, 2.45) is 0 Å². The van der Waals surface area contributed by atoms with Crippen molar-refractivity contribution >= 4 is 0 Å². The maximum atomic E-state index is 13.1. The molecule has 0 aliphatic carbocycles. The smallest absolute Gasteiger partial charge is 0.276 e.